The van der Waals surface area contributed by atoms with Gasteiger partial charge in [-0.05, 0) is 18.8 Å². The Morgan fingerprint density at radius 3 is 3.05 bits per heavy atom. The molecule has 1 saturated heterocycles. The molecule has 22 heavy (non-hydrogen) atoms. The Morgan fingerprint density at radius 2 is 2.36 bits per heavy atom. The zero-order chi connectivity index (χ0) is 15.1. The number of amides is 1. The summed E-state index contributed by atoms with van der Waals surface area (Å²) in [5.74, 6) is 0.975. The number of halogens is 1. The third-order valence-electron chi connectivity index (χ3n) is 3.45. The van der Waals surface area contributed by atoms with Gasteiger partial charge in [-0.2, -0.15) is 0 Å². The van der Waals surface area contributed by atoms with E-state index >= 15 is 0 Å². The topological polar surface area (TPSA) is 96.5 Å². The fourth-order valence-electron chi connectivity index (χ4n) is 2.34. The summed E-state index contributed by atoms with van der Waals surface area (Å²) in [6, 6.07) is 0. The van der Waals surface area contributed by atoms with Crippen LogP contribution in [0.4, 0.5) is 0 Å². The second kappa shape index (κ2) is 9.54. The average molecular weight is 418 g/mol. The van der Waals surface area contributed by atoms with Crippen molar-refractivity contribution in [2.24, 2.45) is 16.6 Å². The van der Waals surface area contributed by atoms with Crippen LogP contribution < -0.4 is 11.1 Å². The van der Waals surface area contributed by atoms with Gasteiger partial charge in [-0.15, -0.1) is 24.0 Å². The van der Waals surface area contributed by atoms with Crippen LogP contribution in [0.25, 0.3) is 0 Å². The molecule has 0 aliphatic carbocycles. The van der Waals surface area contributed by atoms with E-state index in [1.807, 2.05) is 0 Å². The molecule has 8 heteroatoms. The first kappa shape index (κ1) is 18.6. The van der Waals surface area contributed by atoms with Crippen LogP contribution in [0.1, 0.15) is 30.3 Å². The van der Waals surface area contributed by atoms with Crippen LogP contribution >= 0.6 is 24.0 Å². The molecule has 0 radical (unpaired) electrons. The lowest BCUT2D eigenvalue weighted by atomic mass is 10.0. The molecule has 0 spiro atoms. The summed E-state index contributed by atoms with van der Waals surface area (Å²) in [6.07, 6.45) is 6.85. The van der Waals surface area contributed by atoms with Crippen molar-refractivity contribution in [3.05, 3.63) is 24.3 Å². The van der Waals surface area contributed by atoms with Crippen molar-refractivity contribution < 1.29 is 4.79 Å². The van der Waals surface area contributed by atoms with Gasteiger partial charge in [0.25, 0.3) is 5.91 Å². The first-order valence-electron chi connectivity index (χ1n) is 7.26. The predicted octanol–water partition coefficient (Wildman–Crippen LogP) is 0.871. The summed E-state index contributed by atoms with van der Waals surface area (Å²) < 4.78 is 0. The molecular formula is C14H23IN6O. The smallest absolute Gasteiger partial charge is 0.271 e. The second-order valence-electron chi connectivity index (χ2n) is 5.28. The predicted molar refractivity (Wildman–Crippen MR) is 96.2 cm³/mol. The van der Waals surface area contributed by atoms with Crippen LogP contribution in [-0.2, 0) is 0 Å². The number of piperidine rings is 1. The number of hydrogen-bond donors (Lipinski definition) is 2. The van der Waals surface area contributed by atoms with Crippen LogP contribution in [0, 0.1) is 5.92 Å². The number of hydrogen-bond acceptors (Lipinski definition) is 4. The van der Waals surface area contributed by atoms with Crippen LogP contribution in [0.3, 0.4) is 0 Å². The third-order valence-corrected chi connectivity index (χ3v) is 3.45. The maximum absolute atomic E-state index is 11.7. The summed E-state index contributed by atoms with van der Waals surface area (Å²) in [4.78, 5) is 25.9. The van der Waals surface area contributed by atoms with Crippen molar-refractivity contribution in [3.8, 4) is 0 Å². The van der Waals surface area contributed by atoms with E-state index in [4.69, 9.17) is 5.73 Å². The Morgan fingerprint density at radius 1 is 1.55 bits per heavy atom. The summed E-state index contributed by atoms with van der Waals surface area (Å²) in [5.41, 5.74) is 6.28. The number of aliphatic imine (C=N–C) groups is 1. The number of nitrogens with one attached hydrogen (secondary N) is 1. The van der Waals surface area contributed by atoms with E-state index in [0.29, 0.717) is 30.7 Å². The van der Waals surface area contributed by atoms with Crippen LogP contribution in [-0.4, -0.2) is 52.9 Å². The lowest BCUT2D eigenvalue weighted by Gasteiger charge is -2.31. The normalized spacial score (nSPS) is 18.5. The maximum atomic E-state index is 11.7. The minimum Gasteiger partial charge on any atom is -0.370 e. The summed E-state index contributed by atoms with van der Waals surface area (Å²) in [7, 11) is 0. The number of nitrogens with zero attached hydrogens (tertiary/aromatic N) is 4. The minimum atomic E-state index is -0.247. The number of likely N-dealkylation sites (tertiary alicyclic amines) is 1. The van der Waals surface area contributed by atoms with Crippen LogP contribution in [0.15, 0.2) is 23.6 Å². The van der Waals surface area contributed by atoms with Gasteiger partial charge in [-0.25, -0.2) is 4.98 Å². The molecule has 1 aliphatic rings. The molecule has 1 aromatic rings. The van der Waals surface area contributed by atoms with Gasteiger partial charge >= 0.3 is 0 Å². The highest BCUT2D eigenvalue weighted by atomic mass is 127. The molecule has 0 saturated carbocycles. The SMILES string of the molecule is CC1CCCN(C(N)=NCCNC(=O)c2cnccn2)C1.I. The van der Waals surface area contributed by atoms with E-state index in [1.54, 1.807) is 0 Å². The highest BCUT2D eigenvalue weighted by molar-refractivity contribution is 14.0. The largest absolute Gasteiger partial charge is 0.370 e. The van der Waals surface area contributed by atoms with Gasteiger partial charge < -0.3 is 16.0 Å². The van der Waals surface area contributed by atoms with Gasteiger partial charge in [0, 0.05) is 32.0 Å². The maximum Gasteiger partial charge on any atom is 0.271 e. The lowest BCUT2D eigenvalue weighted by Crippen LogP contribution is -2.43. The molecule has 1 amide bonds. The molecular weight excluding hydrogens is 395 g/mol. The van der Waals surface area contributed by atoms with E-state index in [9.17, 15) is 4.79 Å². The Labute approximate surface area is 147 Å². The molecule has 122 valence electrons. The van der Waals surface area contributed by atoms with Crippen molar-refractivity contribution in [2.75, 3.05) is 26.2 Å². The standard InChI is InChI=1S/C14H22N6O.HI/c1-11-3-2-8-20(10-11)14(15)19-7-6-18-13(21)12-9-16-4-5-17-12;/h4-5,9,11H,2-3,6-8,10H2,1H3,(H2,15,19)(H,18,21);1H. The number of carbonyl (C=O) groups is 1. The molecule has 1 atom stereocenters. The Kier molecular flexibility index (Phi) is 8.07. The monoisotopic (exact) mass is 418 g/mol. The van der Waals surface area contributed by atoms with Crippen LogP contribution in [0.5, 0.6) is 0 Å². The van der Waals surface area contributed by atoms with Crippen molar-refractivity contribution in [2.45, 2.75) is 19.8 Å². The van der Waals surface area contributed by atoms with Gasteiger partial charge in [0.1, 0.15) is 5.69 Å². The highest BCUT2D eigenvalue weighted by Crippen LogP contribution is 2.14. The molecule has 0 bridgehead atoms. The van der Waals surface area contributed by atoms with E-state index < -0.39 is 0 Å². The van der Waals surface area contributed by atoms with E-state index in [0.717, 1.165) is 19.5 Å². The summed E-state index contributed by atoms with van der Waals surface area (Å²) >= 11 is 0. The molecule has 3 N–H and O–H groups in total. The fraction of sp³-hybridized carbons (Fsp3) is 0.571. The van der Waals surface area contributed by atoms with E-state index in [2.05, 4.69) is 32.1 Å². The first-order valence-corrected chi connectivity index (χ1v) is 7.26. The zero-order valence-corrected chi connectivity index (χ0v) is 15.1. The molecule has 7 nitrogen and oxygen atoms in total. The molecule has 1 aromatic heterocycles. The van der Waals surface area contributed by atoms with Crippen molar-refractivity contribution in [1.29, 1.82) is 0 Å². The van der Waals surface area contributed by atoms with E-state index in [-0.39, 0.29) is 29.9 Å². The third kappa shape index (κ3) is 5.74. The van der Waals surface area contributed by atoms with Crippen molar-refractivity contribution >= 4 is 35.8 Å². The minimum absolute atomic E-state index is 0. The number of carbonyl (C=O) groups excluding carboxylic acids is 1. The fourth-order valence-corrected chi connectivity index (χ4v) is 2.34. The number of guanidine groups is 1. The van der Waals surface area contributed by atoms with Crippen molar-refractivity contribution in [3.63, 3.8) is 0 Å². The molecule has 2 rings (SSSR count). The molecule has 1 unspecified atom stereocenters. The zero-order valence-electron chi connectivity index (χ0n) is 12.7. The Bertz CT molecular complexity index is 495. The van der Waals surface area contributed by atoms with Gasteiger partial charge in [0.2, 0.25) is 0 Å². The summed E-state index contributed by atoms with van der Waals surface area (Å²) in [6.45, 7) is 5.04. The number of nitrogens with two attached hydrogens (primary N) is 1. The van der Waals surface area contributed by atoms with Gasteiger partial charge in [-0.1, -0.05) is 6.92 Å². The van der Waals surface area contributed by atoms with Crippen molar-refractivity contribution in [1.82, 2.24) is 20.2 Å². The quantitative estimate of drug-likeness (QED) is 0.328. The number of rotatable bonds is 4. The highest BCUT2D eigenvalue weighted by Gasteiger charge is 2.17. The first-order chi connectivity index (χ1) is 10.2. The summed E-state index contributed by atoms with van der Waals surface area (Å²) in [5, 5.41) is 2.74. The molecule has 0 aromatic carbocycles. The van der Waals surface area contributed by atoms with Gasteiger partial charge in [0.05, 0.1) is 12.7 Å². The molecule has 1 aliphatic heterocycles. The van der Waals surface area contributed by atoms with Crippen LogP contribution in [0.2, 0.25) is 0 Å². The number of aromatic nitrogens is 2. The lowest BCUT2D eigenvalue weighted by molar-refractivity contribution is 0.0949. The van der Waals surface area contributed by atoms with Gasteiger partial charge in [-0.3, -0.25) is 14.8 Å². The molecule has 1 fully saturated rings. The molecule has 2 heterocycles. The average Bonchev–Trinajstić information content (AvgIpc) is 2.52. The van der Waals surface area contributed by atoms with E-state index in [1.165, 1.54) is 25.0 Å². The van der Waals surface area contributed by atoms with Gasteiger partial charge in [0.15, 0.2) is 5.96 Å². The Hall–Kier alpha value is -1.45. The Balaban J connectivity index is 0.00000242. The second-order valence-corrected chi connectivity index (χ2v) is 5.28.